The van der Waals surface area contributed by atoms with Crippen molar-refractivity contribution in [2.75, 3.05) is 26.3 Å². The number of ether oxygens (including phenoxy) is 1. The van der Waals surface area contributed by atoms with Crippen LogP contribution in [0.15, 0.2) is 15.3 Å². The van der Waals surface area contributed by atoms with Crippen molar-refractivity contribution in [3.05, 3.63) is 29.6 Å². The summed E-state index contributed by atoms with van der Waals surface area (Å²) in [6, 6.07) is 0. The molecule has 4 heterocycles. The lowest BCUT2D eigenvalue weighted by atomic mass is 9.81. The fourth-order valence-electron chi connectivity index (χ4n) is 3.34. The van der Waals surface area contributed by atoms with Gasteiger partial charge in [-0.1, -0.05) is 5.16 Å². The Hall–Kier alpha value is -2.22. The fraction of sp³-hybridized carbons (Fsp3) is 0.571. The third-order valence-electron chi connectivity index (χ3n) is 4.55. The highest BCUT2D eigenvalue weighted by molar-refractivity contribution is 5.92. The van der Waals surface area contributed by atoms with E-state index < -0.39 is 5.41 Å². The summed E-state index contributed by atoms with van der Waals surface area (Å²) in [6.07, 6.45) is 1.29. The van der Waals surface area contributed by atoms with Crippen molar-refractivity contribution in [1.82, 2.24) is 20.0 Å². The number of aromatic nitrogens is 3. The Morgan fingerprint density at radius 1 is 1.45 bits per heavy atom. The quantitative estimate of drug-likeness (QED) is 0.806. The molecule has 2 aliphatic heterocycles. The number of rotatable bonds is 2. The molecular formula is C14H16N4O4. The Labute approximate surface area is 126 Å². The summed E-state index contributed by atoms with van der Waals surface area (Å²) in [5.41, 5.74) is 0.186. The first-order valence-corrected chi connectivity index (χ1v) is 7.18. The zero-order valence-corrected chi connectivity index (χ0v) is 12.4. The normalized spacial score (nSPS) is 27.4. The van der Waals surface area contributed by atoms with E-state index in [4.69, 9.17) is 13.7 Å². The monoisotopic (exact) mass is 304 g/mol. The van der Waals surface area contributed by atoms with E-state index in [1.54, 1.807) is 18.7 Å². The number of nitrogens with zero attached hydrogens (tertiary/aromatic N) is 4. The maximum atomic E-state index is 12.6. The highest BCUT2D eigenvalue weighted by Gasteiger charge is 2.56. The molecule has 2 fully saturated rings. The van der Waals surface area contributed by atoms with E-state index in [0.717, 1.165) is 0 Å². The van der Waals surface area contributed by atoms with E-state index in [9.17, 15) is 4.79 Å². The number of carbonyl (C=O) groups is 1. The molecule has 0 unspecified atom stereocenters. The molecule has 2 atom stereocenters. The molecule has 22 heavy (non-hydrogen) atoms. The number of oxazole rings is 1. The van der Waals surface area contributed by atoms with E-state index in [0.29, 0.717) is 43.7 Å². The number of amides is 1. The fourth-order valence-corrected chi connectivity index (χ4v) is 3.34. The predicted octanol–water partition coefficient (Wildman–Crippen LogP) is 0.715. The Balaban J connectivity index is 1.65. The first-order chi connectivity index (χ1) is 10.6. The lowest BCUT2D eigenvalue weighted by molar-refractivity contribution is 0.0705. The first-order valence-electron chi connectivity index (χ1n) is 7.18. The van der Waals surface area contributed by atoms with Crippen molar-refractivity contribution < 1.29 is 18.5 Å². The van der Waals surface area contributed by atoms with Crippen LogP contribution in [0.25, 0.3) is 0 Å². The molecule has 0 N–H and O–H groups in total. The summed E-state index contributed by atoms with van der Waals surface area (Å²) < 4.78 is 16.2. The molecule has 0 radical (unpaired) electrons. The molecule has 0 saturated carbocycles. The molecule has 2 aliphatic rings. The van der Waals surface area contributed by atoms with E-state index in [1.807, 2.05) is 0 Å². The Morgan fingerprint density at radius 2 is 2.32 bits per heavy atom. The summed E-state index contributed by atoms with van der Waals surface area (Å²) in [6.45, 7) is 5.68. The highest BCUT2D eigenvalue weighted by Crippen LogP contribution is 2.43. The summed E-state index contributed by atoms with van der Waals surface area (Å²) in [5.74, 6) is 1.43. The summed E-state index contributed by atoms with van der Waals surface area (Å²) in [4.78, 5) is 22.7. The van der Waals surface area contributed by atoms with Crippen LogP contribution in [0.5, 0.6) is 0 Å². The van der Waals surface area contributed by atoms with Crippen LogP contribution in [-0.4, -0.2) is 52.2 Å². The van der Waals surface area contributed by atoms with Gasteiger partial charge >= 0.3 is 0 Å². The summed E-state index contributed by atoms with van der Waals surface area (Å²) >= 11 is 0. The average Bonchev–Trinajstić information content (AvgIpc) is 3.19. The number of likely N-dealkylation sites (tertiary alicyclic amines) is 1. The van der Waals surface area contributed by atoms with Crippen molar-refractivity contribution in [2.24, 2.45) is 5.92 Å². The second-order valence-corrected chi connectivity index (χ2v) is 5.97. The van der Waals surface area contributed by atoms with Gasteiger partial charge in [-0.3, -0.25) is 4.79 Å². The number of aryl methyl sites for hydroxylation is 2. The molecule has 2 aromatic heterocycles. The van der Waals surface area contributed by atoms with Crippen molar-refractivity contribution in [1.29, 1.82) is 0 Å². The van der Waals surface area contributed by atoms with Gasteiger partial charge in [0.2, 0.25) is 11.7 Å². The van der Waals surface area contributed by atoms with Crippen LogP contribution >= 0.6 is 0 Å². The molecule has 0 spiro atoms. The van der Waals surface area contributed by atoms with Crippen molar-refractivity contribution in [3.8, 4) is 0 Å². The smallest absolute Gasteiger partial charge is 0.291 e. The lowest BCUT2D eigenvalue weighted by Gasteiger charge is -2.22. The Bertz CT molecular complexity index is 724. The molecule has 0 bridgehead atoms. The number of fused-ring (bicyclic) bond motifs is 1. The van der Waals surface area contributed by atoms with Crippen LogP contribution in [-0.2, 0) is 10.2 Å². The van der Waals surface area contributed by atoms with Gasteiger partial charge in [0, 0.05) is 19.0 Å². The van der Waals surface area contributed by atoms with E-state index >= 15 is 0 Å². The first kappa shape index (κ1) is 13.4. The molecule has 1 amide bonds. The maximum absolute atomic E-state index is 12.6. The van der Waals surface area contributed by atoms with Gasteiger partial charge in [0.15, 0.2) is 12.2 Å². The average molecular weight is 304 g/mol. The molecule has 4 rings (SSSR count). The molecule has 0 aliphatic carbocycles. The van der Waals surface area contributed by atoms with Gasteiger partial charge in [0.25, 0.3) is 5.91 Å². The SMILES string of the molecule is Cc1noc([C@]23COC[C@H]2CN(C(=O)c2ocnc2C)C3)n1. The molecule has 8 heteroatoms. The standard InChI is InChI=1S/C14H16N4O4/c1-8-11(21-7-15-8)12(19)18-3-10-4-20-6-14(10,5-18)13-16-9(2)17-22-13/h7,10H,3-6H2,1-2H3/t10-,14-/m1/s1. The van der Waals surface area contributed by atoms with Crippen LogP contribution in [0.1, 0.15) is 28.0 Å². The van der Waals surface area contributed by atoms with Crippen LogP contribution < -0.4 is 0 Å². The number of hydrogen-bond donors (Lipinski definition) is 0. The van der Waals surface area contributed by atoms with Crippen LogP contribution in [0.4, 0.5) is 0 Å². The molecule has 2 saturated heterocycles. The van der Waals surface area contributed by atoms with Gasteiger partial charge in [0.05, 0.1) is 24.3 Å². The third kappa shape index (κ3) is 1.80. The van der Waals surface area contributed by atoms with E-state index in [-0.39, 0.29) is 17.6 Å². The second-order valence-electron chi connectivity index (χ2n) is 5.97. The van der Waals surface area contributed by atoms with Crippen molar-refractivity contribution in [2.45, 2.75) is 19.3 Å². The zero-order chi connectivity index (χ0) is 15.3. The summed E-state index contributed by atoms with van der Waals surface area (Å²) in [7, 11) is 0. The number of hydrogen-bond acceptors (Lipinski definition) is 7. The largest absolute Gasteiger partial charge is 0.438 e. The van der Waals surface area contributed by atoms with Gasteiger partial charge in [-0.2, -0.15) is 4.98 Å². The van der Waals surface area contributed by atoms with Crippen molar-refractivity contribution in [3.63, 3.8) is 0 Å². The van der Waals surface area contributed by atoms with Gasteiger partial charge in [-0.15, -0.1) is 0 Å². The lowest BCUT2D eigenvalue weighted by Crippen LogP contribution is -2.37. The topological polar surface area (TPSA) is 94.5 Å². The third-order valence-corrected chi connectivity index (χ3v) is 4.55. The second kappa shape index (κ2) is 4.64. The number of carbonyl (C=O) groups excluding carboxylic acids is 1. The van der Waals surface area contributed by atoms with Gasteiger partial charge in [-0.05, 0) is 13.8 Å². The minimum absolute atomic E-state index is 0.152. The molecule has 0 aromatic carbocycles. The molecular weight excluding hydrogens is 288 g/mol. The van der Waals surface area contributed by atoms with Crippen molar-refractivity contribution >= 4 is 5.91 Å². The van der Waals surface area contributed by atoms with E-state index in [2.05, 4.69) is 15.1 Å². The Morgan fingerprint density at radius 3 is 3.00 bits per heavy atom. The highest BCUT2D eigenvalue weighted by atomic mass is 16.5. The van der Waals surface area contributed by atoms with Gasteiger partial charge in [-0.25, -0.2) is 4.98 Å². The van der Waals surface area contributed by atoms with Gasteiger partial charge in [0.1, 0.15) is 0 Å². The summed E-state index contributed by atoms with van der Waals surface area (Å²) in [5, 5.41) is 3.88. The predicted molar refractivity (Wildman–Crippen MR) is 72.2 cm³/mol. The molecule has 2 aromatic rings. The zero-order valence-electron chi connectivity index (χ0n) is 12.4. The molecule has 8 nitrogen and oxygen atoms in total. The minimum atomic E-state index is -0.412. The van der Waals surface area contributed by atoms with Crippen LogP contribution in [0.3, 0.4) is 0 Å². The Kier molecular flexibility index (Phi) is 2.83. The van der Waals surface area contributed by atoms with Gasteiger partial charge < -0.3 is 18.6 Å². The maximum Gasteiger partial charge on any atom is 0.291 e. The molecule has 116 valence electrons. The van der Waals surface area contributed by atoms with Crippen LogP contribution in [0, 0.1) is 19.8 Å². The minimum Gasteiger partial charge on any atom is -0.438 e. The van der Waals surface area contributed by atoms with E-state index in [1.165, 1.54) is 6.39 Å². The van der Waals surface area contributed by atoms with Crippen LogP contribution in [0.2, 0.25) is 0 Å².